The lowest BCUT2D eigenvalue weighted by atomic mass is 10.2. The van der Waals surface area contributed by atoms with Crippen molar-refractivity contribution in [2.75, 3.05) is 0 Å². The monoisotopic (exact) mass is 190 g/mol. The van der Waals surface area contributed by atoms with Crippen molar-refractivity contribution in [3.8, 4) is 0 Å². The van der Waals surface area contributed by atoms with Crippen molar-refractivity contribution in [1.29, 1.82) is 0 Å². The summed E-state index contributed by atoms with van der Waals surface area (Å²) in [5.41, 5.74) is 2.63. The van der Waals surface area contributed by atoms with Gasteiger partial charge in [0.05, 0.1) is 17.1 Å². The summed E-state index contributed by atoms with van der Waals surface area (Å²) in [5, 5.41) is 0. The fourth-order valence-electron chi connectivity index (χ4n) is 0.942. The first-order chi connectivity index (χ1) is 6.77. The van der Waals surface area contributed by atoms with E-state index in [1.165, 1.54) is 0 Å². The Morgan fingerprint density at radius 1 is 1.29 bits per heavy atom. The Hall–Kier alpha value is -1.44. The molecule has 0 atom stereocenters. The molecule has 0 radical (unpaired) electrons. The van der Waals surface area contributed by atoms with Crippen LogP contribution in [0.2, 0.25) is 0 Å². The van der Waals surface area contributed by atoms with Crippen LogP contribution in [0.1, 0.15) is 37.9 Å². The molecule has 0 aliphatic rings. The molecule has 0 N–H and O–H groups in total. The van der Waals surface area contributed by atoms with Crippen molar-refractivity contribution in [3.05, 3.63) is 35.9 Å². The van der Waals surface area contributed by atoms with Gasteiger partial charge in [-0.1, -0.05) is 26.5 Å². The zero-order valence-corrected chi connectivity index (χ0v) is 9.41. The van der Waals surface area contributed by atoms with E-state index in [2.05, 4.69) is 16.5 Å². The zero-order chi connectivity index (χ0) is 11.0. The fourth-order valence-corrected chi connectivity index (χ4v) is 0.942. The molecule has 0 spiro atoms. The first kappa shape index (κ1) is 12.6. The molecule has 1 heterocycles. The van der Waals surface area contributed by atoms with E-state index in [-0.39, 0.29) is 0 Å². The number of nitrogens with zero attached hydrogens (tertiary/aromatic N) is 2. The summed E-state index contributed by atoms with van der Waals surface area (Å²) in [7, 11) is 0. The normalized spacial score (nSPS) is 9.43. The maximum atomic E-state index is 4.28. The van der Waals surface area contributed by atoms with Crippen molar-refractivity contribution in [2.45, 2.75) is 27.7 Å². The topological polar surface area (TPSA) is 25.8 Å². The van der Waals surface area contributed by atoms with Gasteiger partial charge in [-0.05, 0) is 26.0 Å². The van der Waals surface area contributed by atoms with Crippen molar-refractivity contribution in [1.82, 2.24) is 9.97 Å². The molecule has 0 aliphatic heterocycles. The van der Waals surface area contributed by atoms with Gasteiger partial charge >= 0.3 is 0 Å². The molecule has 0 amide bonds. The van der Waals surface area contributed by atoms with E-state index < -0.39 is 0 Å². The Balaban J connectivity index is 0.000000791. The minimum absolute atomic E-state index is 0.841. The van der Waals surface area contributed by atoms with Crippen LogP contribution >= 0.6 is 0 Å². The van der Waals surface area contributed by atoms with Crippen LogP contribution in [-0.2, 0) is 0 Å². The van der Waals surface area contributed by atoms with Gasteiger partial charge in [-0.25, -0.2) is 4.98 Å². The van der Waals surface area contributed by atoms with Gasteiger partial charge in [-0.15, -0.1) is 0 Å². The minimum atomic E-state index is 0.841. The van der Waals surface area contributed by atoms with Gasteiger partial charge in [0, 0.05) is 6.20 Å². The number of hydrogen-bond acceptors (Lipinski definition) is 2. The third-order valence-corrected chi connectivity index (χ3v) is 1.47. The Morgan fingerprint density at radius 2 is 1.93 bits per heavy atom. The molecule has 0 bridgehead atoms. The maximum Gasteiger partial charge on any atom is 0.0883 e. The first-order valence-corrected chi connectivity index (χ1v) is 4.86. The van der Waals surface area contributed by atoms with Crippen LogP contribution in [0.4, 0.5) is 0 Å². The van der Waals surface area contributed by atoms with Crippen LogP contribution in [0.3, 0.4) is 0 Å². The molecular weight excluding hydrogens is 172 g/mol. The van der Waals surface area contributed by atoms with Crippen LogP contribution in [-0.4, -0.2) is 9.97 Å². The van der Waals surface area contributed by atoms with E-state index in [1.807, 2.05) is 39.8 Å². The number of rotatable bonds is 2. The summed E-state index contributed by atoms with van der Waals surface area (Å²) in [5.74, 6) is 0. The minimum Gasteiger partial charge on any atom is -0.253 e. The molecule has 76 valence electrons. The third-order valence-electron chi connectivity index (χ3n) is 1.47. The SMILES string of the molecule is C=Cc1nc(C)cnc1/C=C\C.CC. The van der Waals surface area contributed by atoms with E-state index in [9.17, 15) is 0 Å². The highest BCUT2D eigenvalue weighted by atomic mass is 14.8. The second-order valence-electron chi connectivity index (χ2n) is 2.49. The van der Waals surface area contributed by atoms with Gasteiger partial charge in [-0.3, -0.25) is 4.98 Å². The van der Waals surface area contributed by atoms with Gasteiger partial charge in [-0.2, -0.15) is 0 Å². The van der Waals surface area contributed by atoms with Crippen LogP contribution < -0.4 is 0 Å². The quantitative estimate of drug-likeness (QED) is 0.713. The van der Waals surface area contributed by atoms with E-state index >= 15 is 0 Å². The Morgan fingerprint density at radius 3 is 2.43 bits per heavy atom. The molecule has 1 aromatic heterocycles. The summed E-state index contributed by atoms with van der Waals surface area (Å²) in [4.78, 5) is 8.50. The molecule has 1 aromatic rings. The lowest BCUT2D eigenvalue weighted by Gasteiger charge is -1.99. The number of hydrogen-bond donors (Lipinski definition) is 0. The van der Waals surface area contributed by atoms with E-state index in [1.54, 1.807) is 12.3 Å². The predicted molar refractivity (Wildman–Crippen MR) is 62.9 cm³/mol. The van der Waals surface area contributed by atoms with Crippen LogP contribution in [0.15, 0.2) is 18.9 Å². The lowest BCUT2D eigenvalue weighted by Crippen LogP contribution is -1.93. The number of allylic oxidation sites excluding steroid dienone is 1. The molecule has 0 aliphatic carbocycles. The van der Waals surface area contributed by atoms with Crippen LogP contribution in [0.25, 0.3) is 12.2 Å². The molecular formula is C12H18N2. The van der Waals surface area contributed by atoms with Gasteiger partial charge in [0.1, 0.15) is 0 Å². The second-order valence-corrected chi connectivity index (χ2v) is 2.49. The van der Waals surface area contributed by atoms with E-state index in [4.69, 9.17) is 0 Å². The molecule has 1 rings (SSSR count). The number of aryl methyl sites for hydroxylation is 1. The highest BCUT2D eigenvalue weighted by Crippen LogP contribution is 2.06. The molecule has 0 fully saturated rings. The Kier molecular flexibility index (Phi) is 6.29. The van der Waals surface area contributed by atoms with Gasteiger partial charge in [0.15, 0.2) is 0 Å². The van der Waals surface area contributed by atoms with Gasteiger partial charge in [0.2, 0.25) is 0 Å². The predicted octanol–water partition coefficient (Wildman–Crippen LogP) is 3.49. The molecule has 0 saturated carbocycles. The Labute approximate surface area is 86.4 Å². The highest BCUT2D eigenvalue weighted by molar-refractivity contribution is 5.57. The van der Waals surface area contributed by atoms with Crippen molar-refractivity contribution in [2.24, 2.45) is 0 Å². The van der Waals surface area contributed by atoms with Crippen molar-refractivity contribution in [3.63, 3.8) is 0 Å². The molecule has 2 nitrogen and oxygen atoms in total. The summed E-state index contributed by atoms with van der Waals surface area (Å²) < 4.78 is 0. The summed E-state index contributed by atoms with van der Waals surface area (Å²) >= 11 is 0. The molecule has 0 saturated heterocycles. The van der Waals surface area contributed by atoms with Gasteiger partial charge in [0.25, 0.3) is 0 Å². The highest BCUT2D eigenvalue weighted by Gasteiger charge is 1.97. The molecule has 0 unspecified atom stereocenters. The first-order valence-electron chi connectivity index (χ1n) is 4.86. The Bertz CT molecular complexity index is 314. The second kappa shape index (κ2) is 7.01. The molecule has 0 aromatic carbocycles. The zero-order valence-electron chi connectivity index (χ0n) is 9.41. The standard InChI is InChI=1S/C10H12N2.C2H6/c1-4-6-10-9(5-2)12-8(3)7-11-10;1-2/h4-7H,2H2,1,3H3;1-2H3/b6-4-;. The summed E-state index contributed by atoms with van der Waals surface area (Å²) in [6, 6.07) is 0. The number of aromatic nitrogens is 2. The average Bonchev–Trinajstić information content (AvgIpc) is 2.24. The van der Waals surface area contributed by atoms with Gasteiger partial charge < -0.3 is 0 Å². The van der Waals surface area contributed by atoms with E-state index in [0.29, 0.717) is 0 Å². The van der Waals surface area contributed by atoms with Crippen LogP contribution in [0, 0.1) is 6.92 Å². The summed E-state index contributed by atoms with van der Waals surface area (Å²) in [6.07, 6.45) is 7.33. The lowest BCUT2D eigenvalue weighted by molar-refractivity contribution is 1.09. The fraction of sp³-hybridized carbons (Fsp3) is 0.333. The molecule has 14 heavy (non-hydrogen) atoms. The summed E-state index contributed by atoms with van der Waals surface area (Å²) in [6.45, 7) is 11.5. The van der Waals surface area contributed by atoms with Crippen molar-refractivity contribution >= 4 is 12.2 Å². The largest absolute Gasteiger partial charge is 0.253 e. The maximum absolute atomic E-state index is 4.28. The smallest absolute Gasteiger partial charge is 0.0883 e. The van der Waals surface area contributed by atoms with E-state index in [0.717, 1.165) is 17.1 Å². The molecule has 2 heteroatoms. The third kappa shape index (κ3) is 3.52. The van der Waals surface area contributed by atoms with Crippen molar-refractivity contribution < 1.29 is 0 Å². The average molecular weight is 190 g/mol. The van der Waals surface area contributed by atoms with Crippen LogP contribution in [0.5, 0.6) is 0 Å².